The quantitative estimate of drug-likeness (QED) is 0.610. The van der Waals surface area contributed by atoms with Gasteiger partial charge in [-0.1, -0.05) is 0 Å². The first-order chi connectivity index (χ1) is 6.84. The highest BCUT2D eigenvalue weighted by Crippen LogP contribution is 2.01. The average molecular weight is 212 g/mol. The summed E-state index contributed by atoms with van der Waals surface area (Å²) in [5.74, 6) is 0. The molecule has 3 N–H and O–H groups in total. The molecule has 1 aromatic heterocycles. The predicted molar refractivity (Wildman–Crippen MR) is 53.0 cm³/mol. The molecule has 2 rings (SSSR count). The Bertz CT molecular complexity index is 329. The number of oxazole rings is 1. The third-order valence-electron chi connectivity index (χ3n) is 1.45. The van der Waals surface area contributed by atoms with Gasteiger partial charge in [0.25, 0.3) is 0 Å². The number of anilines is 1. The second-order valence-electron chi connectivity index (χ2n) is 2.42. The van der Waals surface area contributed by atoms with Crippen molar-refractivity contribution < 1.29 is 9.15 Å². The summed E-state index contributed by atoms with van der Waals surface area (Å²) in [5.41, 5.74) is 0. The molecule has 74 valence electrons. The summed E-state index contributed by atoms with van der Waals surface area (Å²) in [5, 5.41) is 8.83. The zero-order chi connectivity index (χ0) is 9.80. The summed E-state index contributed by atoms with van der Waals surface area (Å²) in [4.78, 5) is 3.85. The molecule has 0 saturated carbocycles. The summed E-state index contributed by atoms with van der Waals surface area (Å²) in [7, 11) is 0. The van der Waals surface area contributed by atoms with Crippen molar-refractivity contribution in [3.63, 3.8) is 0 Å². The minimum absolute atomic E-state index is 0.341. The largest absolute Gasteiger partial charge is 0.459 e. The molecule has 0 radical (unpaired) electrons. The minimum atomic E-state index is -0.343. The first-order valence-electron chi connectivity index (χ1n) is 3.88. The molecule has 1 aliphatic heterocycles. The van der Waals surface area contributed by atoms with E-state index in [1.165, 1.54) is 18.7 Å². The Kier molecular flexibility index (Phi) is 2.50. The fraction of sp³-hybridized carbons (Fsp3) is 0.143. The van der Waals surface area contributed by atoms with Gasteiger partial charge in [0.15, 0.2) is 5.11 Å². The van der Waals surface area contributed by atoms with Crippen molar-refractivity contribution in [3.8, 4) is 0 Å². The van der Waals surface area contributed by atoms with E-state index in [1.54, 1.807) is 6.20 Å². The van der Waals surface area contributed by atoms with Gasteiger partial charge in [-0.25, -0.2) is 4.98 Å². The number of aromatic nitrogens is 1. The van der Waals surface area contributed by atoms with Crippen molar-refractivity contribution in [2.24, 2.45) is 0 Å². The van der Waals surface area contributed by atoms with Crippen molar-refractivity contribution in [1.82, 2.24) is 15.6 Å². The fourth-order valence-corrected chi connectivity index (χ4v) is 1.09. The van der Waals surface area contributed by atoms with Crippen molar-refractivity contribution in [3.05, 3.63) is 24.9 Å². The van der Waals surface area contributed by atoms with Crippen LogP contribution in [0.2, 0.25) is 0 Å². The van der Waals surface area contributed by atoms with Gasteiger partial charge in [0.2, 0.25) is 6.35 Å². The van der Waals surface area contributed by atoms with Crippen molar-refractivity contribution in [2.45, 2.75) is 6.35 Å². The zero-order valence-electron chi connectivity index (χ0n) is 7.06. The molecule has 0 amide bonds. The third-order valence-corrected chi connectivity index (χ3v) is 1.67. The lowest BCUT2D eigenvalue weighted by Crippen LogP contribution is -2.43. The van der Waals surface area contributed by atoms with E-state index in [9.17, 15) is 0 Å². The summed E-state index contributed by atoms with van der Waals surface area (Å²) in [6.45, 7) is 0. The highest BCUT2D eigenvalue weighted by molar-refractivity contribution is 7.80. The Hall–Kier alpha value is -1.76. The van der Waals surface area contributed by atoms with Crippen LogP contribution in [0.3, 0.4) is 0 Å². The molecule has 14 heavy (non-hydrogen) atoms. The third kappa shape index (κ3) is 2.13. The topological polar surface area (TPSA) is 71.4 Å². The molecule has 0 saturated heterocycles. The van der Waals surface area contributed by atoms with E-state index in [0.29, 0.717) is 11.1 Å². The first kappa shape index (κ1) is 8.82. The van der Waals surface area contributed by atoms with Gasteiger partial charge in [0.05, 0.1) is 6.20 Å². The molecule has 6 nitrogen and oxygen atoms in total. The lowest BCUT2D eigenvalue weighted by molar-refractivity contribution is 0.139. The molecule has 0 bridgehead atoms. The molecule has 0 spiro atoms. The zero-order valence-corrected chi connectivity index (χ0v) is 7.88. The van der Waals surface area contributed by atoms with E-state index in [-0.39, 0.29) is 6.35 Å². The Morgan fingerprint density at radius 3 is 3.21 bits per heavy atom. The number of rotatable bonds is 2. The second kappa shape index (κ2) is 3.97. The molecular weight excluding hydrogens is 204 g/mol. The highest BCUT2D eigenvalue weighted by atomic mass is 32.1. The van der Waals surface area contributed by atoms with Crippen LogP contribution in [-0.2, 0) is 4.74 Å². The van der Waals surface area contributed by atoms with Gasteiger partial charge in [-0.05, 0) is 12.2 Å². The van der Waals surface area contributed by atoms with Gasteiger partial charge in [0.1, 0.15) is 12.5 Å². The molecule has 2 heterocycles. The number of hydrogen-bond acceptors (Lipinski definition) is 5. The SMILES string of the molecule is S=C(Nc1ncco1)NC1NC=CO1. The molecule has 0 aliphatic carbocycles. The van der Waals surface area contributed by atoms with E-state index < -0.39 is 0 Å². The molecule has 1 unspecified atom stereocenters. The minimum Gasteiger partial charge on any atom is -0.459 e. The standard InChI is InChI=1S/C7H8N4O2S/c14-7(10-5-8-1-3-12-5)11-6-9-2-4-13-6/h1-5,8H,(H2,9,10,11,14). The van der Waals surface area contributed by atoms with E-state index in [0.717, 1.165) is 0 Å². The predicted octanol–water partition coefficient (Wildman–Crippen LogP) is 0.336. The van der Waals surface area contributed by atoms with Crippen LogP contribution >= 0.6 is 12.2 Å². The molecule has 0 fully saturated rings. The van der Waals surface area contributed by atoms with Gasteiger partial charge < -0.3 is 19.8 Å². The number of hydrogen-bond donors (Lipinski definition) is 3. The van der Waals surface area contributed by atoms with Crippen molar-refractivity contribution in [2.75, 3.05) is 5.32 Å². The molecule has 1 atom stereocenters. The lowest BCUT2D eigenvalue weighted by atomic mass is 10.8. The molecular formula is C7H8N4O2S. The molecule has 1 aliphatic rings. The lowest BCUT2D eigenvalue weighted by Gasteiger charge is -2.14. The van der Waals surface area contributed by atoms with Gasteiger partial charge in [-0.15, -0.1) is 0 Å². The van der Waals surface area contributed by atoms with Crippen molar-refractivity contribution in [1.29, 1.82) is 0 Å². The fourth-order valence-electron chi connectivity index (χ4n) is 0.897. The van der Waals surface area contributed by atoms with E-state index >= 15 is 0 Å². The normalized spacial score (nSPS) is 18.4. The maximum Gasteiger partial charge on any atom is 0.300 e. The Balaban J connectivity index is 1.79. The monoisotopic (exact) mass is 212 g/mol. The van der Waals surface area contributed by atoms with Crippen LogP contribution in [0.25, 0.3) is 0 Å². The van der Waals surface area contributed by atoms with E-state index in [1.807, 2.05) is 0 Å². The summed E-state index contributed by atoms with van der Waals surface area (Å²) in [6.07, 6.45) is 5.84. The Labute approximate surface area is 85.3 Å². The Morgan fingerprint density at radius 1 is 1.64 bits per heavy atom. The second-order valence-corrected chi connectivity index (χ2v) is 2.83. The first-order valence-corrected chi connectivity index (χ1v) is 4.29. The summed E-state index contributed by atoms with van der Waals surface area (Å²) in [6, 6.07) is 0.341. The maximum atomic E-state index is 5.06. The summed E-state index contributed by atoms with van der Waals surface area (Å²) < 4.78 is 10.0. The number of ether oxygens (including phenoxy) is 1. The smallest absolute Gasteiger partial charge is 0.300 e. The van der Waals surface area contributed by atoms with Gasteiger partial charge in [-0.3, -0.25) is 5.32 Å². The van der Waals surface area contributed by atoms with Crippen LogP contribution < -0.4 is 16.0 Å². The van der Waals surface area contributed by atoms with Crippen LogP contribution in [0.5, 0.6) is 0 Å². The highest BCUT2D eigenvalue weighted by Gasteiger charge is 2.11. The van der Waals surface area contributed by atoms with Crippen LogP contribution in [0.15, 0.2) is 29.3 Å². The maximum absolute atomic E-state index is 5.06. The average Bonchev–Trinajstić information content (AvgIpc) is 2.76. The number of thiocarbonyl (C=S) groups is 1. The van der Waals surface area contributed by atoms with Crippen LogP contribution in [0.4, 0.5) is 6.01 Å². The van der Waals surface area contributed by atoms with Crippen LogP contribution in [-0.4, -0.2) is 16.4 Å². The van der Waals surface area contributed by atoms with Crippen LogP contribution in [0, 0.1) is 0 Å². The van der Waals surface area contributed by atoms with Gasteiger partial charge in [0, 0.05) is 6.20 Å². The van der Waals surface area contributed by atoms with Crippen molar-refractivity contribution >= 4 is 23.3 Å². The number of nitrogens with zero attached hydrogens (tertiary/aromatic N) is 1. The summed E-state index contributed by atoms with van der Waals surface area (Å²) >= 11 is 4.97. The van der Waals surface area contributed by atoms with Gasteiger partial charge in [-0.2, -0.15) is 0 Å². The number of nitrogens with one attached hydrogen (secondary N) is 3. The van der Waals surface area contributed by atoms with E-state index in [2.05, 4.69) is 20.9 Å². The molecule has 0 aromatic carbocycles. The van der Waals surface area contributed by atoms with Gasteiger partial charge >= 0.3 is 6.01 Å². The molecule has 7 heteroatoms. The Morgan fingerprint density at radius 2 is 2.57 bits per heavy atom. The molecule has 1 aromatic rings. The van der Waals surface area contributed by atoms with E-state index in [4.69, 9.17) is 21.4 Å². The van der Waals surface area contributed by atoms with Crippen LogP contribution in [0.1, 0.15) is 0 Å².